The summed E-state index contributed by atoms with van der Waals surface area (Å²) in [5.74, 6) is -1.00. The molecule has 1 heterocycles. The van der Waals surface area contributed by atoms with Crippen LogP contribution in [0.25, 0.3) is 6.08 Å². The summed E-state index contributed by atoms with van der Waals surface area (Å²) in [7, 11) is 1.25. The van der Waals surface area contributed by atoms with E-state index in [-0.39, 0.29) is 12.0 Å². The average molecular weight is 383 g/mol. The molecule has 26 heavy (non-hydrogen) atoms. The first kappa shape index (κ1) is 19.7. The molecule has 1 unspecified atom stereocenters. The van der Waals surface area contributed by atoms with Gasteiger partial charge in [-0.1, -0.05) is 18.2 Å². The molecular formula is C18H16F3NO3S. The fraction of sp³-hybridized carbons (Fsp3) is 0.222. The standard InChI is InChI=1S/C18H16F3NO3S/c1-25-17(24)11-14(15-6-3-9-26-15)22-16(23)8-7-12-4-2-5-13(10-12)18(19,20)21/h2-10,14H,11H2,1H3,(H,22,23)/b8-7+. The molecule has 0 radical (unpaired) electrons. The lowest BCUT2D eigenvalue weighted by atomic mass is 10.1. The topological polar surface area (TPSA) is 55.4 Å². The van der Waals surface area contributed by atoms with Crippen molar-refractivity contribution in [2.45, 2.75) is 18.6 Å². The Morgan fingerprint density at radius 3 is 2.65 bits per heavy atom. The second-order valence-electron chi connectivity index (χ2n) is 5.31. The predicted molar refractivity (Wildman–Crippen MR) is 92.3 cm³/mol. The molecule has 0 saturated carbocycles. The van der Waals surface area contributed by atoms with Crippen LogP contribution >= 0.6 is 11.3 Å². The van der Waals surface area contributed by atoms with E-state index in [0.717, 1.165) is 23.1 Å². The molecule has 2 rings (SSSR count). The Balaban J connectivity index is 2.08. The Hall–Kier alpha value is -2.61. The number of rotatable bonds is 6. The Morgan fingerprint density at radius 1 is 1.27 bits per heavy atom. The lowest BCUT2D eigenvalue weighted by Gasteiger charge is -2.15. The summed E-state index contributed by atoms with van der Waals surface area (Å²) >= 11 is 1.37. The molecular weight excluding hydrogens is 367 g/mol. The molecule has 138 valence electrons. The van der Waals surface area contributed by atoms with Crippen LogP contribution < -0.4 is 5.32 Å². The zero-order chi connectivity index (χ0) is 19.2. The highest BCUT2D eigenvalue weighted by Gasteiger charge is 2.30. The molecule has 1 aromatic carbocycles. The molecule has 1 N–H and O–H groups in total. The van der Waals surface area contributed by atoms with Crippen molar-refractivity contribution in [1.29, 1.82) is 0 Å². The van der Waals surface area contributed by atoms with Crippen molar-refractivity contribution >= 4 is 29.3 Å². The minimum atomic E-state index is -4.45. The summed E-state index contributed by atoms with van der Waals surface area (Å²) in [6, 6.07) is 7.64. The van der Waals surface area contributed by atoms with Gasteiger partial charge in [-0.05, 0) is 35.2 Å². The molecule has 0 bridgehead atoms. The fourth-order valence-corrected chi connectivity index (χ4v) is 2.95. The van der Waals surface area contributed by atoms with E-state index in [1.165, 1.54) is 36.7 Å². The number of carbonyl (C=O) groups excluding carboxylic acids is 2. The third kappa shape index (κ3) is 5.73. The van der Waals surface area contributed by atoms with E-state index < -0.39 is 29.7 Å². The van der Waals surface area contributed by atoms with Gasteiger partial charge in [0, 0.05) is 11.0 Å². The first-order valence-corrected chi connectivity index (χ1v) is 8.43. The van der Waals surface area contributed by atoms with E-state index in [9.17, 15) is 22.8 Å². The number of halogens is 3. The van der Waals surface area contributed by atoms with Crippen molar-refractivity contribution in [3.8, 4) is 0 Å². The summed E-state index contributed by atoms with van der Waals surface area (Å²) in [6.07, 6.45) is -2.07. The Morgan fingerprint density at radius 2 is 2.04 bits per heavy atom. The molecule has 0 aliphatic carbocycles. The van der Waals surface area contributed by atoms with Gasteiger partial charge >= 0.3 is 12.1 Å². The summed E-state index contributed by atoms with van der Waals surface area (Å²) in [6.45, 7) is 0. The lowest BCUT2D eigenvalue weighted by Crippen LogP contribution is -2.28. The number of hydrogen-bond acceptors (Lipinski definition) is 4. The summed E-state index contributed by atoms with van der Waals surface area (Å²) < 4.78 is 42.7. The van der Waals surface area contributed by atoms with Crippen molar-refractivity contribution in [3.63, 3.8) is 0 Å². The van der Waals surface area contributed by atoms with Crippen LogP contribution in [-0.4, -0.2) is 19.0 Å². The third-order valence-corrected chi connectivity index (χ3v) is 4.43. The van der Waals surface area contributed by atoms with Gasteiger partial charge in [0.15, 0.2) is 0 Å². The quantitative estimate of drug-likeness (QED) is 0.601. The molecule has 1 amide bonds. The van der Waals surface area contributed by atoms with Gasteiger partial charge in [0.1, 0.15) is 0 Å². The molecule has 0 saturated heterocycles. The molecule has 1 aromatic heterocycles. The highest BCUT2D eigenvalue weighted by atomic mass is 32.1. The molecule has 0 aliphatic rings. The van der Waals surface area contributed by atoms with Gasteiger partial charge in [-0.3, -0.25) is 9.59 Å². The van der Waals surface area contributed by atoms with Crippen molar-refractivity contribution in [3.05, 3.63) is 63.9 Å². The minimum absolute atomic E-state index is 0.0415. The third-order valence-electron chi connectivity index (χ3n) is 3.44. The van der Waals surface area contributed by atoms with E-state index in [2.05, 4.69) is 10.1 Å². The number of esters is 1. The number of alkyl halides is 3. The van der Waals surface area contributed by atoms with Crippen LogP contribution in [0.2, 0.25) is 0 Å². The number of methoxy groups -OCH3 is 1. The molecule has 2 aromatic rings. The van der Waals surface area contributed by atoms with Crippen molar-refractivity contribution in [1.82, 2.24) is 5.32 Å². The normalized spacial score (nSPS) is 12.8. The van der Waals surface area contributed by atoms with Gasteiger partial charge in [-0.15, -0.1) is 11.3 Å². The van der Waals surface area contributed by atoms with Crippen LogP contribution in [0.3, 0.4) is 0 Å². The number of nitrogens with one attached hydrogen (secondary N) is 1. The Kier molecular flexibility index (Phi) is 6.57. The van der Waals surface area contributed by atoms with E-state index in [4.69, 9.17) is 0 Å². The van der Waals surface area contributed by atoms with Crippen LogP contribution in [-0.2, 0) is 20.5 Å². The van der Waals surface area contributed by atoms with E-state index in [1.807, 2.05) is 5.38 Å². The highest BCUT2D eigenvalue weighted by Crippen LogP contribution is 2.29. The van der Waals surface area contributed by atoms with Crippen LogP contribution in [0.4, 0.5) is 13.2 Å². The van der Waals surface area contributed by atoms with Crippen LogP contribution in [0.1, 0.15) is 28.5 Å². The van der Waals surface area contributed by atoms with Crippen molar-refractivity contribution in [2.24, 2.45) is 0 Å². The highest BCUT2D eigenvalue weighted by molar-refractivity contribution is 7.10. The van der Waals surface area contributed by atoms with E-state index in [0.29, 0.717) is 0 Å². The Bertz CT molecular complexity index is 785. The van der Waals surface area contributed by atoms with Gasteiger partial charge < -0.3 is 10.1 Å². The monoisotopic (exact) mass is 383 g/mol. The lowest BCUT2D eigenvalue weighted by molar-refractivity contribution is -0.141. The summed E-state index contributed by atoms with van der Waals surface area (Å²) in [5.41, 5.74) is -0.544. The molecule has 0 spiro atoms. The largest absolute Gasteiger partial charge is 0.469 e. The van der Waals surface area contributed by atoms with Crippen LogP contribution in [0.5, 0.6) is 0 Å². The van der Waals surface area contributed by atoms with Gasteiger partial charge in [0.05, 0.1) is 25.1 Å². The SMILES string of the molecule is COC(=O)CC(NC(=O)/C=C/c1cccc(C(F)(F)F)c1)c1cccs1. The number of amides is 1. The summed E-state index contributed by atoms with van der Waals surface area (Å²) in [4.78, 5) is 24.4. The van der Waals surface area contributed by atoms with E-state index >= 15 is 0 Å². The smallest absolute Gasteiger partial charge is 0.416 e. The van der Waals surface area contributed by atoms with Crippen molar-refractivity contribution in [2.75, 3.05) is 7.11 Å². The van der Waals surface area contributed by atoms with Crippen LogP contribution in [0, 0.1) is 0 Å². The van der Waals surface area contributed by atoms with E-state index in [1.54, 1.807) is 12.1 Å². The molecule has 0 aliphatic heterocycles. The minimum Gasteiger partial charge on any atom is -0.469 e. The van der Waals surface area contributed by atoms with Crippen molar-refractivity contribution < 1.29 is 27.5 Å². The maximum atomic E-state index is 12.7. The number of hydrogen-bond donors (Lipinski definition) is 1. The van der Waals surface area contributed by atoms with Gasteiger partial charge in [0.25, 0.3) is 0 Å². The zero-order valence-corrected chi connectivity index (χ0v) is 14.6. The second kappa shape index (κ2) is 8.66. The first-order valence-electron chi connectivity index (χ1n) is 7.55. The number of ether oxygens (including phenoxy) is 1. The first-order chi connectivity index (χ1) is 12.3. The molecule has 8 heteroatoms. The summed E-state index contributed by atoms with van der Waals surface area (Å²) in [5, 5.41) is 4.47. The number of thiophene rings is 1. The van der Waals surface area contributed by atoms with Crippen LogP contribution in [0.15, 0.2) is 47.9 Å². The maximum absolute atomic E-state index is 12.7. The molecule has 4 nitrogen and oxygen atoms in total. The molecule has 1 atom stereocenters. The van der Waals surface area contributed by atoms with Gasteiger partial charge in [0.2, 0.25) is 5.91 Å². The maximum Gasteiger partial charge on any atom is 0.416 e. The second-order valence-corrected chi connectivity index (χ2v) is 6.29. The van der Waals surface area contributed by atoms with Gasteiger partial charge in [-0.2, -0.15) is 13.2 Å². The Labute approximate surface area is 152 Å². The molecule has 0 fully saturated rings. The average Bonchev–Trinajstić information content (AvgIpc) is 3.13. The predicted octanol–water partition coefficient (Wildman–Crippen LogP) is 4.20. The zero-order valence-electron chi connectivity index (χ0n) is 13.7. The number of carbonyl (C=O) groups is 2. The number of benzene rings is 1. The van der Waals surface area contributed by atoms with Gasteiger partial charge in [-0.25, -0.2) is 0 Å². The fourth-order valence-electron chi connectivity index (χ4n) is 2.17.